The molecule has 2 atom stereocenters. The Morgan fingerprint density at radius 2 is 1.75 bits per heavy atom. The number of nitrogens with one attached hydrogen (secondary N) is 1. The molecule has 4 nitrogen and oxygen atoms in total. The van der Waals surface area contributed by atoms with Crippen LogP contribution in [-0.2, 0) is 20.4 Å². The van der Waals surface area contributed by atoms with E-state index in [-0.39, 0.29) is 11.8 Å². The maximum absolute atomic E-state index is 13.2. The highest BCUT2D eigenvalue weighted by Crippen LogP contribution is 2.15. The normalized spacial score (nSPS) is 14.0. The van der Waals surface area contributed by atoms with Gasteiger partial charge >= 0.3 is 0 Å². The molecule has 0 aliphatic heterocycles. The first-order valence-corrected chi connectivity index (χ1v) is 9.32. The van der Waals surface area contributed by atoms with Crippen molar-refractivity contribution in [2.75, 3.05) is 0 Å². The molecule has 1 N–H and O–H groups in total. The van der Waals surface area contributed by atoms with Gasteiger partial charge in [0.25, 0.3) is 0 Å². The molecule has 0 spiro atoms. The summed E-state index contributed by atoms with van der Waals surface area (Å²) in [4.78, 5) is 12.3. The zero-order chi connectivity index (χ0) is 17.7. The monoisotopic (exact) mass is 349 g/mol. The van der Waals surface area contributed by atoms with Gasteiger partial charge in [-0.2, -0.15) is 0 Å². The van der Waals surface area contributed by atoms with Gasteiger partial charge in [-0.05, 0) is 37.1 Å². The van der Waals surface area contributed by atoms with Crippen molar-refractivity contribution in [2.24, 2.45) is 0 Å². The lowest BCUT2D eigenvalue weighted by molar-refractivity contribution is -0.121. The third kappa shape index (κ3) is 4.64. The summed E-state index contributed by atoms with van der Waals surface area (Å²) in [5.74, 6) is -1.45. The van der Waals surface area contributed by atoms with Crippen LogP contribution in [-0.4, -0.2) is 19.6 Å². The summed E-state index contributed by atoms with van der Waals surface area (Å²) in [6.45, 7) is 3.14. The lowest BCUT2D eigenvalue weighted by Gasteiger charge is -2.18. The highest BCUT2D eigenvalue weighted by atomic mass is 32.2. The Hall–Kier alpha value is -2.21. The van der Waals surface area contributed by atoms with Gasteiger partial charge in [0.05, 0.1) is 11.8 Å². The number of hydrogen-bond donors (Lipinski definition) is 1. The Morgan fingerprint density at radius 3 is 2.38 bits per heavy atom. The lowest BCUT2D eigenvalue weighted by Crippen LogP contribution is -2.39. The number of carbonyl (C=O) groups is 1. The van der Waals surface area contributed by atoms with Crippen molar-refractivity contribution in [1.82, 2.24) is 5.32 Å². The van der Waals surface area contributed by atoms with E-state index in [0.29, 0.717) is 5.56 Å². The quantitative estimate of drug-likeness (QED) is 0.872. The number of hydrogen-bond acceptors (Lipinski definition) is 3. The van der Waals surface area contributed by atoms with E-state index in [2.05, 4.69) is 5.32 Å². The van der Waals surface area contributed by atoms with Crippen molar-refractivity contribution >= 4 is 15.7 Å². The van der Waals surface area contributed by atoms with Crippen molar-refractivity contribution in [2.45, 2.75) is 30.9 Å². The van der Waals surface area contributed by atoms with Crippen LogP contribution in [0.2, 0.25) is 0 Å². The fraction of sp³-hybridized carbons (Fsp3) is 0.278. The van der Waals surface area contributed by atoms with Crippen molar-refractivity contribution in [3.05, 3.63) is 71.5 Å². The van der Waals surface area contributed by atoms with Crippen molar-refractivity contribution in [3.63, 3.8) is 0 Å². The van der Waals surface area contributed by atoms with Crippen LogP contribution in [0.5, 0.6) is 0 Å². The minimum absolute atomic E-state index is 0.300. The zero-order valence-electron chi connectivity index (χ0n) is 13.6. The van der Waals surface area contributed by atoms with Crippen LogP contribution >= 0.6 is 0 Å². The largest absolute Gasteiger partial charge is 0.348 e. The van der Waals surface area contributed by atoms with Gasteiger partial charge in [0, 0.05) is 0 Å². The van der Waals surface area contributed by atoms with Crippen molar-refractivity contribution in [1.29, 1.82) is 0 Å². The van der Waals surface area contributed by atoms with Crippen LogP contribution in [0.3, 0.4) is 0 Å². The fourth-order valence-electron chi connectivity index (χ4n) is 2.30. The molecule has 128 valence electrons. The average molecular weight is 349 g/mol. The minimum Gasteiger partial charge on any atom is -0.348 e. The number of amides is 1. The van der Waals surface area contributed by atoms with Crippen molar-refractivity contribution < 1.29 is 17.6 Å². The molecule has 0 aliphatic carbocycles. The van der Waals surface area contributed by atoms with E-state index in [1.165, 1.54) is 25.1 Å². The van der Waals surface area contributed by atoms with E-state index < -0.39 is 26.8 Å². The SMILES string of the molecule is C[C@H](NC(=O)[C@@H](C)S(=O)(=O)Cc1cccc(F)c1)c1ccccc1. The molecule has 2 rings (SSSR count). The van der Waals surface area contributed by atoms with Gasteiger partial charge in [0.1, 0.15) is 11.1 Å². The van der Waals surface area contributed by atoms with E-state index in [9.17, 15) is 17.6 Å². The second-order valence-electron chi connectivity index (χ2n) is 5.72. The van der Waals surface area contributed by atoms with Gasteiger partial charge in [-0.1, -0.05) is 42.5 Å². The molecular weight excluding hydrogens is 329 g/mol. The molecule has 0 fully saturated rings. The summed E-state index contributed by atoms with van der Waals surface area (Å²) < 4.78 is 38.0. The van der Waals surface area contributed by atoms with Gasteiger partial charge in [-0.3, -0.25) is 4.79 Å². The highest BCUT2D eigenvalue weighted by molar-refractivity contribution is 7.92. The maximum Gasteiger partial charge on any atom is 0.238 e. The number of sulfone groups is 1. The molecule has 1 amide bonds. The molecule has 2 aromatic carbocycles. The zero-order valence-corrected chi connectivity index (χ0v) is 14.4. The number of rotatable bonds is 6. The number of halogens is 1. The summed E-state index contributed by atoms with van der Waals surface area (Å²) in [5, 5.41) is 1.49. The molecule has 0 saturated heterocycles. The summed E-state index contributed by atoms with van der Waals surface area (Å²) in [6.07, 6.45) is 0. The van der Waals surface area contributed by atoms with Crippen LogP contribution in [0.15, 0.2) is 54.6 Å². The first-order valence-electron chi connectivity index (χ1n) is 7.61. The van der Waals surface area contributed by atoms with E-state index in [1.54, 1.807) is 6.92 Å². The smallest absolute Gasteiger partial charge is 0.238 e. The second-order valence-corrected chi connectivity index (χ2v) is 8.04. The predicted molar refractivity (Wildman–Crippen MR) is 91.5 cm³/mol. The maximum atomic E-state index is 13.2. The van der Waals surface area contributed by atoms with Crippen LogP contribution < -0.4 is 5.32 Å². The summed E-state index contributed by atoms with van der Waals surface area (Å²) >= 11 is 0. The Bertz CT molecular complexity index is 806. The Labute approximate surface area is 141 Å². The first kappa shape index (κ1) is 18.1. The number of carbonyl (C=O) groups excluding carboxylic acids is 1. The van der Waals surface area contributed by atoms with E-state index in [0.717, 1.165) is 11.6 Å². The second kappa shape index (κ2) is 7.57. The third-order valence-electron chi connectivity index (χ3n) is 3.82. The van der Waals surface area contributed by atoms with Gasteiger partial charge in [-0.15, -0.1) is 0 Å². The molecule has 0 aromatic heterocycles. The van der Waals surface area contributed by atoms with Gasteiger partial charge in [-0.25, -0.2) is 12.8 Å². The van der Waals surface area contributed by atoms with E-state index >= 15 is 0 Å². The van der Waals surface area contributed by atoms with E-state index in [1.807, 2.05) is 30.3 Å². The van der Waals surface area contributed by atoms with Gasteiger partial charge in [0.2, 0.25) is 5.91 Å². The number of benzene rings is 2. The molecule has 6 heteroatoms. The standard InChI is InChI=1S/C18H20FNO3S/c1-13(16-8-4-3-5-9-16)20-18(21)14(2)24(22,23)12-15-7-6-10-17(19)11-15/h3-11,13-14H,12H2,1-2H3,(H,20,21)/t13-,14+/m0/s1. The average Bonchev–Trinajstić information content (AvgIpc) is 2.54. The van der Waals surface area contributed by atoms with Crippen LogP contribution in [0, 0.1) is 5.82 Å². The molecular formula is C18H20FNO3S. The summed E-state index contributed by atoms with van der Waals surface area (Å²) in [7, 11) is -3.74. The Morgan fingerprint density at radius 1 is 1.08 bits per heavy atom. The highest BCUT2D eigenvalue weighted by Gasteiger charge is 2.29. The van der Waals surface area contributed by atoms with Gasteiger partial charge in [0.15, 0.2) is 9.84 Å². The van der Waals surface area contributed by atoms with Crippen molar-refractivity contribution in [3.8, 4) is 0 Å². The molecule has 0 unspecified atom stereocenters. The molecule has 0 heterocycles. The summed E-state index contributed by atoms with van der Waals surface area (Å²) in [5.41, 5.74) is 1.21. The topological polar surface area (TPSA) is 63.2 Å². The molecule has 0 radical (unpaired) electrons. The predicted octanol–water partition coefficient (Wildman–Crippen LogP) is 3.01. The molecule has 0 aliphatic rings. The molecule has 0 saturated carbocycles. The first-order chi connectivity index (χ1) is 11.3. The lowest BCUT2D eigenvalue weighted by atomic mass is 10.1. The fourth-order valence-corrected chi connectivity index (χ4v) is 3.59. The van der Waals surface area contributed by atoms with E-state index in [4.69, 9.17) is 0 Å². The van der Waals surface area contributed by atoms with Crippen LogP contribution in [0.25, 0.3) is 0 Å². The Kier molecular flexibility index (Phi) is 5.72. The minimum atomic E-state index is -3.74. The van der Waals surface area contributed by atoms with Gasteiger partial charge < -0.3 is 5.32 Å². The Balaban J connectivity index is 2.06. The third-order valence-corrected chi connectivity index (χ3v) is 5.85. The molecule has 2 aromatic rings. The molecule has 24 heavy (non-hydrogen) atoms. The van der Waals surface area contributed by atoms with Crippen LogP contribution in [0.1, 0.15) is 31.0 Å². The van der Waals surface area contributed by atoms with Crippen LogP contribution in [0.4, 0.5) is 4.39 Å². The molecule has 0 bridgehead atoms. The summed E-state index contributed by atoms with van der Waals surface area (Å²) in [6, 6.07) is 14.4.